The van der Waals surface area contributed by atoms with Gasteiger partial charge in [-0.15, -0.1) is 0 Å². The average molecular weight is 471 g/mol. The fourth-order valence-corrected chi connectivity index (χ4v) is 3.97. The second-order valence-corrected chi connectivity index (χ2v) is 9.98. The van der Waals surface area contributed by atoms with Crippen LogP contribution in [0.15, 0.2) is 42.1 Å². The third-order valence-corrected chi connectivity index (χ3v) is 6.26. The highest BCUT2D eigenvalue weighted by molar-refractivity contribution is 5.92. The van der Waals surface area contributed by atoms with Gasteiger partial charge in [-0.25, -0.2) is 4.79 Å². The van der Waals surface area contributed by atoms with E-state index in [9.17, 15) is 14.4 Å². The Morgan fingerprint density at radius 3 is 2.38 bits per heavy atom. The molecular formula is C26H38N4O4. The number of likely N-dealkylation sites (N-methyl/N-ethyl adjacent to an activating group) is 2. The molecule has 1 aromatic heterocycles. The molecule has 0 aliphatic rings. The second kappa shape index (κ2) is 10.9. The van der Waals surface area contributed by atoms with Crippen molar-refractivity contribution in [2.45, 2.75) is 59.2 Å². The summed E-state index contributed by atoms with van der Waals surface area (Å²) in [5, 5.41) is 16.3. The number of carboxylic acids is 1. The molecule has 2 aromatic rings. The number of aromatic nitrogens is 1. The Morgan fingerprint density at radius 1 is 1.21 bits per heavy atom. The number of carbonyl (C=O) groups excluding carboxylic acids is 2. The molecule has 8 heteroatoms. The molecule has 1 aromatic carbocycles. The van der Waals surface area contributed by atoms with E-state index in [1.54, 1.807) is 21.0 Å². The second-order valence-electron chi connectivity index (χ2n) is 9.98. The summed E-state index contributed by atoms with van der Waals surface area (Å²) in [5.41, 5.74) is 1.75. The van der Waals surface area contributed by atoms with Crippen LogP contribution in [0.5, 0.6) is 0 Å². The predicted molar refractivity (Wildman–Crippen MR) is 134 cm³/mol. The number of rotatable bonds is 9. The van der Waals surface area contributed by atoms with E-state index in [0.717, 1.165) is 16.5 Å². The van der Waals surface area contributed by atoms with E-state index in [1.807, 2.05) is 62.8 Å². The molecule has 3 atom stereocenters. The fraction of sp³-hybridized carbons (Fsp3) is 0.500. The number of carbonyl (C=O) groups is 3. The first-order valence-corrected chi connectivity index (χ1v) is 11.5. The highest BCUT2D eigenvalue weighted by Crippen LogP contribution is 2.24. The van der Waals surface area contributed by atoms with Crippen LogP contribution in [-0.2, 0) is 27.9 Å². The fourth-order valence-electron chi connectivity index (χ4n) is 3.97. The van der Waals surface area contributed by atoms with Crippen LogP contribution in [0.2, 0.25) is 0 Å². The highest BCUT2D eigenvalue weighted by Gasteiger charge is 2.37. The van der Waals surface area contributed by atoms with Gasteiger partial charge in [-0.05, 0) is 44.4 Å². The number of aryl methyl sites for hydroxylation is 1. The molecular weight excluding hydrogens is 432 g/mol. The molecule has 0 fully saturated rings. The van der Waals surface area contributed by atoms with Crippen LogP contribution in [0.25, 0.3) is 10.9 Å². The molecule has 8 nitrogen and oxygen atoms in total. The first kappa shape index (κ1) is 27.1. The van der Waals surface area contributed by atoms with Gasteiger partial charge < -0.3 is 25.2 Å². The van der Waals surface area contributed by atoms with E-state index in [0.29, 0.717) is 6.42 Å². The summed E-state index contributed by atoms with van der Waals surface area (Å²) in [6.45, 7) is 8.93. The van der Waals surface area contributed by atoms with Crippen molar-refractivity contribution in [2.75, 3.05) is 14.1 Å². The number of benzene rings is 1. The lowest BCUT2D eigenvalue weighted by molar-refractivity contribution is -0.139. The van der Waals surface area contributed by atoms with Crippen molar-refractivity contribution < 1.29 is 19.5 Å². The minimum absolute atomic E-state index is 0.161. The Hall–Kier alpha value is -3.13. The van der Waals surface area contributed by atoms with Crippen LogP contribution in [0, 0.1) is 5.41 Å². The lowest BCUT2D eigenvalue weighted by Gasteiger charge is -2.36. The van der Waals surface area contributed by atoms with Gasteiger partial charge in [-0.1, -0.05) is 45.0 Å². The third-order valence-electron chi connectivity index (χ3n) is 6.26. The SMILES string of the molecule is CN[C@@H](Cc1cn(C)c2ccccc12)C(=O)N[C@H](C(=O)N(C)[C@@H](C)/C=C(\C)C(=O)O)C(C)(C)C. The summed E-state index contributed by atoms with van der Waals surface area (Å²) in [5.74, 6) is -1.57. The van der Waals surface area contributed by atoms with Crippen LogP contribution in [0.4, 0.5) is 0 Å². The molecule has 2 amide bonds. The molecule has 0 aliphatic heterocycles. The smallest absolute Gasteiger partial charge is 0.331 e. The number of nitrogens with one attached hydrogen (secondary N) is 2. The summed E-state index contributed by atoms with van der Waals surface area (Å²) in [6.07, 6.45) is 4.03. The third kappa shape index (κ3) is 6.26. The Labute approximate surface area is 202 Å². The molecule has 34 heavy (non-hydrogen) atoms. The quantitative estimate of drug-likeness (QED) is 0.489. The molecule has 0 radical (unpaired) electrons. The number of carboxylic acid groups (broad SMARTS) is 1. The zero-order chi connectivity index (χ0) is 25.8. The highest BCUT2D eigenvalue weighted by atomic mass is 16.4. The monoisotopic (exact) mass is 470 g/mol. The number of hydrogen-bond donors (Lipinski definition) is 3. The minimum Gasteiger partial charge on any atom is -0.478 e. The largest absolute Gasteiger partial charge is 0.478 e. The number of amides is 2. The van der Waals surface area contributed by atoms with Gasteiger partial charge in [0.15, 0.2) is 0 Å². The Morgan fingerprint density at radius 2 is 1.82 bits per heavy atom. The molecule has 186 valence electrons. The van der Waals surface area contributed by atoms with E-state index in [4.69, 9.17) is 5.11 Å². The zero-order valence-corrected chi connectivity index (χ0v) is 21.5. The van der Waals surface area contributed by atoms with Crippen molar-refractivity contribution in [1.29, 1.82) is 0 Å². The maximum atomic E-state index is 13.4. The molecule has 0 saturated heterocycles. The van der Waals surface area contributed by atoms with Gasteiger partial charge in [0.1, 0.15) is 6.04 Å². The van der Waals surface area contributed by atoms with Gasteiger partial charge in [0.25, 0.3) is 0 Å². The molecule has 0 saturated carbocycles. The number of nitrogens with zero attached hydrogens (tertiary/aromatic N) is 2. The Bertz CT molecular complexity index is 1080. The van der Waals surface area contributed by atoms with Gasteiger partial charge >= 0.3 is 5.97 Å². The Balaban J connectivity index is 2.24. The van der Waals surface area contributed by atoms with Crippen molar-refractivity contribution >= 4 is 28.7 Å². The van der Waals surface area contributed by atoms with Crippen LogP contribution in [0.1, 0.15) is 40.2 Å². The molecule has 0 unspecified atom stereocenters. The molecule has 3 N–H and O–H groups in total. The normalized spacial score (nSPS) is 15.0. The summed E-state index contributed by atoms with van der Waals surface area (Å²) < 4.78 is 2.04. The maximum Gasteiger partial charge on any atom is 0.331 e. The van der Waals surface area contributed by atoms with E-state index in [2.05, 4.69) is 10.6 Å². The molecule has 0 spiro atoms. The number of aliphatic carboxylic acids is 1. The van der Waals surface area contributed by atoms with Gasteiger partial charge in [0.05, 0.1) is 6.04 Å². The van der Waals surface area contributed by atoms with Crippen LogP contribution >= 0.6 is 0 Å². The average Bonchev–Trinajstić information content (AvgIpc) is 3.09. The van der Waals surface area contributed by atoms with Crippen LogP contribution < -0.4 is 10.6 Å². The first-order valence-electron chi connectivity index (χ1n) is 11.5. The van der Waals surface area contributed by atoms with Crippen molar-refractivity contribution in [3.63, 3.8) is 0 Å². The lowest BCUT2D eigenvalue weighted by Crippen LogP contribution is -2.58. The first-order chi connectivity index (χ1) is 15.8. The van der Waals surface area contributed by atoms with Crippen molar-refractivity contribution in [3.8, 4) is 0 Å². The number of para-hydroxylation sites is 1. The topological polar surface area (TPSA) is 104 Å². The van der Waals surface area contributed by atoms with E-state index < -0.39 is 29.5 Å². The number of hydrogen-bond acceptors (Lipinski definition) is 4. The summed E-state index contributed by atoms with van der Waals surface area (Å²) >= 11 is 0. The maximum absolute atomic E-state index is 13.4. The van der Waals surface area contributed by atoms with Crippen molar-refractivity contribution in [3.05, 3.63) is 47.7 Å². The van der Waals surface area contributed by atoms with Crippen molar-refractivity contribution in [2.24, 2.45) is 12.5 Å². The summed E-state index contributed by atoms with van der Waals surface area (Å²) in [4.78, 5) is 39.3. The van der Waals surface area contributed by atoms with Gasteiger partial charge in [0.2, 0.25) is 11.8 Å². The summed E-state index contributed by atoms with van der Waals surface area (Å²) in [7, 11) is 5.33. The molecule has 0 aliphatic carbocycles. The molecule has 0 bridgehead atoms. The molecule has 1 heterocycles. The van der Waals surface area contributed by atoms with Crippen molar-refractivity contribution in [1.82, 2.24) is 20.1 Å². The standard InChI is InChI=1S/C26H38N4O4/c1-16(25(33)34)13-17(2)30(8)24(32)22(26(3,4)5)28-23(31)20(27-6)14-18-15-29(7)21-12-10-9-11-19(18)21/h9-13,15,17,20,22,27H,14H2,1-8H3,(H,28,31)(H,33,34)/b16-13+/t17-,20-,22+/m0/s1. The minimum atomic E-state index is -1.03. The van der Waals surface area contributed by atoms with Gasteiger partial charge in [-0.2, -0.15) is 0 Å². The molecule has 2 rings (SSSR count). The van der Waals surface area contributed by atoms with E-state index >= 15 is 0 Å². The summed E-state index contributed by atoms with van der Waals surface area (Å²) in [6, 6.07) is 6.29. The number of fused-ring (bicyclic) bond motifs is 1. The van der Waals surface area contributed by atoms with Crippen LogP contribution in [-0.4, -0.2) is 64.6 Å². The lowest BCUT2D eigenvalue weighted by atomic mass is 9.85. The van der Waals surface area contributed by atoms with E-state index in [-0.39, 0.29) is 17.4 Å². The zero-order valence-electron chi connectivity index (χ0n) is 21.5. The van der Waals surface area contributed by atoms with Crippen LogP contribution in [0.3, 0.4) is 0 Å². The Kier molecular flexibility index (Phi) is 8.66. The van der Waals surface area contributed by atoms with Gasteiger partial charge in [-0.3, -0.25) is 9.59 Å². The van der Waals surface area contributed by atoms with Gasteiger partial charge in [0, 0.05) is 42.8 Å². The van der Waals surface area contributed by atoms with E-state index in [1.165, 1.54) is 17.9 Å². The predicted octanol–water partition coefficient (Wildman–Crippen LogP) is 2.72.